The molecule has 0 amide bonds. The zero-order valence-electron chi connectivity index (χ0n) is 16.0. The Bertz CT molecular complexity index is 594. The fourth-order valence-electron chi connectivity index (χ4n) is 2.91. The average Bonchev–Trinajstić information content (AvgIpc) is 3.15. The van der Waals surface area contributed by atoms with E-state index in [2.05, 4.69) is 20.4 Å². The molecule has 1 heterocycles. The molecule has 1 unspecified atom stereocenters. The van der Waals surface area contributed by atoms with Gasteiger partial charge in [0.1, 0.15) is 0 Å². The number of para-hydroxylation sites is 1. The summed E-state index contributed by atoms with van der Waals surface area (Å²) in [6.45, 7) is 3.66. The van der Waals surface area contributed by atoms with Crippen LogP contribution in [-0.2, 0) is 11.3 Å². The Hall–Kier alpha value is -2.09. The fourth-order valence-corrected chi connectivity index (χ4v) is 2.91. The molecule has 0 spiro atoms. The molecule has 1 aromatic rings. The van der Waals surface area contributed by atoms with Crippen LogP contribution in [0, 0.1) is 0 Å². The van der Waals surface area contributed by atoms with Crippen LogP contribution < -0.4 is 20.1 Å². The van der Waals surface area contributed by atoms with Crippen LogP contribution in [0.3, 0.4) is 0 Å². The minimum Gasteiger partial charge on any atom is -0.490 e. The van der Waals surface area contributed by atoms with Gasteiger partial charge in [0.25, 0.3) is 0 Å². The lowest BCUT2D eigenvalue weighted by Crippen LogP contribution is -2.38. The third-order valence-corrected chi connectivity index (χ3v) is 4.10. The molecule has 152 valence electrons. The molecule has 1 saturated heterocycles. The first-order valence-corrected chi connectivity index (χ1v) is 9.47. The van der Waals surface area contributed by atoms with E-state index in [0.29, 0.717) is 36.5 Å². The van der Waals surface area contributed by atoms with Crippen molar-refractivity contribution in [2.24, 2.45) is 4.99 Å². The topological polar surface area (TPSA) is 64.1 Å². The molecule has 27 heavy (non-hydrogen) atoms. The van der Waals surface area contributed by atoms with Crippen LogP contribution in [-0.4, -0.2) is 45.0 Å². The van der Waals surface area contributed by atoms with Gasteiger partial charge in [0.05, 0.1) is 19.3 Å². The lowest BCUT2D eigenvalue weighted by atomic mass is 10.2. The third-order valence-electron chi connectivity index (χ3n) is 4.10. The van der Waals surface area contributed by atoms with Crippen molar-refractivity contribution in [2.45, 2.75) is 52.4 Å². The number of ether oxygens (including phenoxy) is 3. The van der Waals surface area contributed by atoms with Crippen LogP contribution in [0.25, 0.3) is 0 Å². The van der Waals surface area contributed by atoms with Crippen molar-refractivity contribution in [3.8, 4) is 11.5 Å². The van der Waals surface area contributed by atoms with E-state index in [0.717, 1.165) is 32.4 Å². The van der Waals surface area contributed by atoms with Gasteiger partial charge in [-0.25, -0.2) is 4.99 Å². The van der Waals surface area contributed by atoms with Gasteiger partial charge in [0, 0.05) is 25.3 Å². The molecular weight excluding hydrogens is 356 g/mol. The van der Waals surface area contributed by atoms with Gasteiger partial charge >= 0.3 is 6.61 Å². The van der Waals surface area contributed by atoms with Crippen LogP contribution in [0.5, 0.6) is 11.5 Å². The summed E-state index contributed by atoms with van der Waals surface area (Å²) in [6, 6.07) is 5.06. The van der Waals surface area contributed by atoms with Crippen LogP contribution >= 0.6 is 0 Å². The van der Waals surface area contributed by atoms with Crippen molar-refractivity contribution in [1.82, 2.24) is 10.6 Å². The van der Waals surface area contributed by atoms with Gasteiger partial charge in [-0.15, -0.1) is 0 Å². The monoisotopic (exact) mass is 385 g/mol. The molecule has 2 rings (SSSR count). The number of aliphatic imine (C=N–C) groups is 1. The summed E-state index contributed by atoms with van der Waals surface area (Å²) in [5.74, 6) is 0.954. The molecule has 0 aliphatic carbocycles. The third kappa shape index (κ3) is 7.21. The molecule has 2 N–H and O–H groups in total. The van der Waals surface area contributed by atoms with Crippen LogP contribution in [0.4, 0.5) is 8.78 Å². The molecule has 6 nitrogen and oxygen atoms in total. The Labute approximate surface area is 159 Å². The number of rotatable bonds is 10. The van der Waals surface area contributed by atoms with E-state index in [9.17, 15) is 8.78 Å². The lowest BCUT2D eigenvalue weighted by Gasteiger charge is -2.16. The fraction of sp³-hybridized carbons (Fsp3) is 0.632. The Morgan fingerprint density at radius 1 is 1.33 bits per heavy atom. The maximum absolute atomic E-state index is 12.8. The summed E-state index contributed by atoms with van der Waals surface area (Å²) >= 11 is 0. The van der Waals surface area contributed by atoms with Gasteiger partial charge in [0.15, 0.2) is 17.5 Å². The van der Waals surface area contributed by atoms with Gasteiger partial charge in [0.2, 0.25) is 0 Å². The Morgan fingerprint density at radius 2 is 2.19 bits per heavy atom. The van der Waals surface area contributed by atoms with E-state index in [1.54, 1.807) is 25.1 Å². The number of benzene rings is 1. The normalized spacial score (nSPS) is 17.2. The highest BCUT2D eigenvalue weighted by atomic mass is 19.3. The molecule has 1 aromatic carbocycles. The van der Waals surface area contributed by atoms with E-state index >= 15 is 0 Å². The van der Waals surface area contributed by atoms with Gasteiger partial charge in [-0.2, -0.15) is 8.78 Å². The van der Waals surface area contributed by atoms with E-state index in [-0.39, 0.29) is 12.3 Å². The molecule has 1 fully saturated rings. The SMILES string of the molecule is CCNC(=NCc1cccc(OCC)c1OC(F)F)NCCC1CCCO1. The maximum Gasteiger partial charge on any atom is 0.387 e. The number of guanidine groups is 1. The predicted molar refractivity (Wildman–Crippen MR) is 101 cm³/mol. The molecule has 1 atom stereocenters. The number of nitrogens with zero attached hydrogens (tertiary/aromatic N) is 1. The van der Waals surface area contributed by atoms with Gasteiger partial charge in [-0.3, -0.25) is 0 Å². The molecule has 1 aliphatic heterocycles. The molecule has 8 heteroatoms. The second kappa shape index (κ2) is 11.6. The summed E-state index contributed by atoms with van der Waals surface area (Å²) in [5.41, 5.74) is 0.539. The van der Waals surface area contributed by atoms with Crippen LogP contribution in [0.15, 0.2) is 23.2 Å². The summed E-state index contributed by atoms with van der Waals surface area (Å²) in [5, 5.41) is 6.41. The number of hydrogen-bond acceptors (Lipinski definition) is 4. The van der Waals surface area contributed by atoms with Crippen molar-refractivity contribution in [2.75, 3.05) is 26.3 Å². The van der Waals surface area contributed by atoms with E-state index in [1.807, 2.05) is 6.92 Å². The van der Waals surface area contributed by atoms with Gasteiger partial charge < -0.3 is 24.8 Å². The highest BCUT2D eigenvalue weighted by Gasteiger charge is 2.16. The molecule has 0 saturated carbocycles. The maximum atomic E-state index is 12.8. The first kappa shape index (κ1) is 21.2. The van der Waals surface area contributed by atoms with Gasteiger partial charge in [-0.1, -0.05) is 12.1 Å². The second-order valence-electron chi connectivity index (χ2n) is 6.10. The van der Waals surface area contributed by atoms with E-state index in [1.165, 1.54) is 0 Å². The Morgan fingerprint density at radius 3 is 2.85 bits per heavy atom. The predicted octanol–water partition coefficient (Wildman–Crippen LogP) is 3.31. The van der Waals surface area contributed by atoms with Crippen LogP contribution in [0.2, 0.25) is 0 Å². The molecule has 1 aliphatic rings. The number of alkyl halides is 2. The zero-order valence-corrected chi connectivity index (χ0v) is 16.0. The lowest BCUT2D eigenvalue weighted by molar-refractivity contribution is -0.0520. The number of halogens is 2. The zero-order chi connectivity index (χ0) is 19.5. The Kier molecular flexibility index (Phi) is 9.10. The summed E-state index contributed by atoms with van der Waals surface area (Å²) in [7, 11) is 0. The van der Waals surface area contributed by atoms with Crippen molar-refractivity contribution >= 4 is 5.96 Å². The summed E-state index contributed by atoms with van der Waals surface area (Å²) in [6.07, 6.45) is 3.41. The standard InChI is InChI=1S/C19H29F2N3O3/c1-3-22-19(23-11-10-15-8-6-12-26-15)24-13-14-7-5-9-16(25-4-2)17(14)27-18(20)21/h5,7,9,15,18H,3-4,6,8,10-13H2,1-2H3,(H2,22,23,24). The summed E-state index contributed by atoms with van der Waals surface area (Å²) < 4.78 is 41.3. The van der Waals surface area contributed by atoms with Gasteiger partial charge in [-0.05, 0) is 39.2 Å². The van der Waals surface area contributed by atoms with Crippen molar-refractivity contribution in [3.05, 3.63) is 23.8 Å². The molecule has 0 radical (unpaired) electrons. The first-order valence-electron chi connectivity index (χ1n) is 9.47. The highest BCUT2D eigenvalue weighted by molar-refractivity contribution is 5.79. The highest BCUT2D eigenvalue weighted by Crippen LogP contribution is 2.33. The quantitative estimate of drug-likeness (QED) is 0.478. The first-order chi connectivity index (χ1) is 13.1. The van der Waals surface area contributed by atoms with Crippen molar-refractivity contribution in [3.63, 3.8) is 0 Å². The minimum atomic E-state index is -2.92. The average molecular weight is 385 g/mol. The van der Waals surface area contributed by atoms with Crippen molar-refractivity contribution in [1.29, 1.82) is 0 Å². The smallest absolute Gasteiger partial charge is 0.387 e. The number of hydrogen-bond donors (Lipinski definition) is 2. The molecule has 0 bridgehead atoms. The Balaban J connectivity index is 2.03. The van der Waals surface area contributed by atoms with E-state index < -0.39 is 6.61 Å². The van der Waals surface area contributed by atoms with Crippen LogP contribution in [0.1, 0.15) is 38.7 Å². The van der Waals surface area contributed by atoms with Crippen molar-refractivity contribution < 1.29 is 23.0 Å². The van der Waals surface area contributed by atoms with E-state index in [4.69, 9.17) is 9.47 Å². The molecule has 0 aromatic heterocycles. The summed E-state index contributed by atoms with van der Waals surface area (Å²) in [4.78, 5) is 4.49. The minimum absolute atomic E-state index is 0.0355. The second-order valence-corrected chi connectivity index (χ2v) is 6.10. The number of nitrogens with one attached hydrogen (secondary N) is 2. The largest absolute Gasteiger partial charge is 0.490 e. The molecular formula is C19H29F2N3O3.